The number of anilines is 1. The number of hydrogen-bond donors (Lipinski definition) is 4. The summed E-state index contributed by atoms with van der Waals surface area (Å²) in [4.78, 5) is 20.4. The van der Waals surface area contributed by atoms with Gasteiger partial charge in [-0.25, -0.2) is 0 Å². The maximum atomic E-state index is 11.1. The summed E-state index contributed by atoms with van der Waals surface area (Å²) in [7, 11) is 0. The van der Waals surface area contributed by atoms with E-state index in [0.29, 0.717) is 0 Å². The van der Waals surface area contributed by atoms with Crippen LogP contribution >= 0.6 is 0 Å². The first-order chi connectivity index (χ1) is 10.4. The molecule has 0 fully saturated rings. The summed E-state index contributed by atoms with van der Waals surface area (Å²) in [6.07, 6.45) is -1.23. The smallest absolute Gasteiger partial charge is 0.303 e. The van der Waals surface area contributed by atoms with Crippen molar-refractivity contribution in [2.75, 3.05) is 31.7 Å². The van der Waals surface area contributed by atoms with Gasteiger partial charge in [-0.15, -0.1) is 0 Å². The van der Waals surface area contributed by atoms with Crippen LogP contribution in [0.4, 0.5) is 17.1 Å². The summed E-state index contributed by atoms with van der Waals surface area (Å²) < 4.78 is 4.96. The molecule has 0 saturated carbocycles. The molecule has 11 heteroatoms. The van der Waals surface area contributed by atoms with Gasteiger partial charge in [0.25, 0.3) is 0 Å². The molecule has 0 aliphatic carbocycles. The van der Waals surface area contributed by atoms with Crippen LogP contribution in [0.3, 0.4) is 0 Å². The van der Waals surface area contributed by atoms with Crippen LogP contribution in [0.2, 0.25) is 0 Å². The molecule has 0 amide bonds. The van der Waals surface area contributed by atoms with Gasteiger partial charge in [-0.3, -0.25) is 20.2 Å². The van der Waals surface area contributed by atoms with Crippen LogP contribution in [0.5, 0.6) is 5.75 Å². The quantitative estimate of drug-likeness (QED) is 0.351. The van der Waals surface area contributed by atoms with Gasteiger partial charge in [0.1, 0.15) is 12.4 Å². The van der Waals surface area contributed by atoms with Crippen molar-refractivity contribution in [3.05, 3.63) is 32.4 Å². The first kappa shape index (κ1) is 17.6. The van der Waals surface area contributed by atoms with E-state index < -0.39 is 39.6 Å². The molecule has 1 aromatic rings. The summed E-state index contributed by atoms with van der Waals surface area (Å²) in [5, 5.41) is 51.1. The molecule has 1 atom stereocenters. The van der Waals surface area contributed by atoms with E-state index in [0.717, 1.165) is 12.1 Å². The second kappa shape index (κ2) is 8.07. The fourth-order valence-electron chi connectivity index (χ4n) is 1.59. The van der Waals surface area contributed by atoms with E-state index in [1.165, 1.54) is 0 Å². The minimum absolute atomic E-state index is 0.138. The summed E-state index contributed by atoms with van der Waals surface area (Å²) >= 11 is 0. The zero-order chi connectivity index (χ0) is 16.7. The third kappa shape index (κ3) is 4.51. The van der Waals surface area contributed by atoms with E-state index >= 15 is 0 Å². The summed E-state index contributed by atoms with van der Waals surface area (Å²) in [5.41, 5.74) is -1.64. The van der Waals surface area contributed by atoms with Gasteiger partial charge in [0.05, 0.1) is 41.3 Å². The highest BCUT2D eigenvalue weighted by Crippen LogP contribution is 2.38. The van der Waals surface area contributed by atoms with Gasteiger partial charge in [-0.05, 0) is 0 Å². The van der Waals surface area contributed by atoms with Crippen LogP contribution in [0.15, 0.2) is 12.1 Å². The Bertz CT molecular complexity index is 515. The first-order valence-corrected chi connectivity index (χ1v) is 6.14. The van der Waals surface area contributed by atoms with Gasteiger partial charge in [0.2, 0.25) is 0 Å². The molecule has 4 N–H and O–H groups in total. The summed E-state index contributed by atoms with van der Waals surface area (Å²) in [6.45, 7) is -1.45. The summed E-state index contributed by atoms with van der Waals surface area (Å²) in [5.74, 6) is -0.138. The number of benzene rings is 1. The molecule has 0 heterocycles. The number of aliphatic hydroxyl groups excluding tert-OH is 3. The second-order valence-corrected chi connectivity index (χ2v) is 4.14. The molecule has 0 bridgehead atoms. The fraction of sp³-hybridized carbons (Fsp3) is 0.455. The predicted octanol–water partition coefficient (Wildman–Crippen LogP) is -0.361. The van der Waals surface area contributed by atoms with Gasteiger partial charge in [0.15, 0.2) is 5.69 Å². The largest absolute Gasteiger partial charge is 0.491 e. The van der Waals surface area contributed by atoms with Gasteiger partial charge >= 0.3 is 11.4 Å². The molecule has 1 aromatic carbocycles. The standard InChI is InChI=1S/C11H15N3O8/c15-1-2-22-8-3-9(13(18)19)11(10(4-8)14(20)21)12-5-7(17)6-16/h3-4,7,12,15-17H,1-2,5-6H2. The van der Waals surface area contributed by atoms with Crippen LogP contribution in [0, 0.1) is 20.2 Å². The number of nitrogens with zero attached hydrogens (tertiary/aromatic N) is 2. The number of ether oxygens (including phenoxy) is 1. The minimum atomic E-state index is -1.23. The van der Waals surface area contributed by atoms with Crippen molar-refractivity contribution < 1.29 is 29.9 Å². The molecule has 1 unspecified atom stereocenters. The van der Waals surface area contributed by atoms with Crippen LogP contribution in [0.1, 0.15) is 0 Å². The van der Waals surface area contributed by atoms with E-state index in [-0.39, 0.29) is 25.5 Å². The molecule has 0 aliphatic rings. The van der Waals surface area contributed by atoms with Crippen molar-refractivity contribution in [2.45, 2.75) is 6.10 Å². The van der Waals surface area contributed by atoms with Crippen molar-refractivity contribution in [1.82, 2.24) is 0 Å². The van der Waals surface area contributed by atoms with Gasteiger partial charge < -0.3 is 25.4 Å². The highest BCUT2D eigenvalue weighted by Gasteiger charge is 2.27. The third-order valence-corrected chi connectivity index (χ3v) is 2.55. The number of rotatable bonds is 9. The molecule has 0 radical (unpaired) electrons. The maximum absolute atomic E-state index is 11.1. The Morgan fingerprint density at radius 3 is 2.14 bits per heavy atom. The lowest BCUT2D eigenvalue weighted by Crippen LogP contribution is -2.23. The zero-order valence-electron chi connectivity index (χ0n) is 11.3. The molecular formula is C11H15N3O8. The van der Waals surface area contributed by atoms with Crippen LogP contribution < -0.4 is 10.1 Å². The zero-order valence-corrected chi connectivity index (χ0v) is 11.3. The fourth-order valence-corrected chi connectivity index (χ4v) is 1.59. The third-order valence-electron chi connectivity index (χ3n) is 2.55. The van der Waals surface area contributed by atoms with E-state index in [9.17, 15) is 25.3 Å². The number of nitro groups is 2. The maximum Gasteiger partial charge on any atom is 0.303 e. The molecular weight excluding hydrogens is 302 g/mol. The Labute approximate surface area is 124 Å². The van der Waals surface area contributed by atoms with Gasteiger partial charge in [-0.1, -0.05) is 0 Å². The summed E-state index contributed by atoms with van der Waals surface area (Å²) in [6, 6.07) is 1.94. The van der Waals surface area contributed by atoms with E-state index in [2.05, 4.69) is 5.32 Å². The topological polar surface area (TPSA) is 168 Å². The minimum Gasteiger partial charge on any atom is -0.491 e. The first-order valence-electron chi connectivity index (χ1n) is 6.14. The Hall–Kier alpha value is -2.50. The number of aliphatic hydroxyl groups is 3. The normalized spacial score (nSPS) is 11.8. The van der Waals surface area contributed by atoms with Crippen molar-refractivity contribution in [2.24, 2.45) is 0 Å². The van der Waals surface area contributed by atoms with E-state index in [1.54, 1.807) is 0 Å². The van der Waals surface area contributed by atoms with Crippen LogP contribution in [-0.4, -0.2) is 57.6 Å². The highest BCUT2D eigenvalue weighted by molar-refractivity contribution is 5.76. The SMILES string of the molecule is O=[N+]([O-])c1cc(OCCO)cc([N+](=O)[O-])c1NCC(O)CO. The Kier molecular flexibility index (Phi) is 6.44. The lowest BCUT2D eigenvalue weighted by molar-refractivity contribution is -0.392. The van der Waals surface area contributed by atoms with E-state index in [1.807, 2.05) is 0 Å². The molecule has 22 heavy (non-hydrogen) atoms. The monoisotopic (exact) mass is 317 g/mol. The lowest BCUT2D eigenvalue weighted by Gasteiger charge is -2.12. The number of hydrogen-bond acceptors (Lipinski definition) is 9. The average molecular weight is 317 g/mol. The highest BCUT2D eigenvalue weighted by atomic mass is 16.6. The molecule has 11 nitrogen and oxygen atoms in total. The molecule has 0 saturated heterocycles. The molecule has 1 rings (SSSR count). The van der Waals surface area contributed by atoms with Crippen molar-refractivity contribution in [3.8, 4) is 5.75 Å². The Morgan fingerprint density at radius 1 is 1.18 bits per heavy atom. The van der Waals surface area contributed by atoms with Gasteiger partial charge in [0, 0.05) is 6.54 Å². The molecule has 0 aliphatic heterocycles. The molecule has 0 spiro atoms. The van der Waals surface area contributed by atoms with Crippen molar-refractivity contribution >= 4 is 17.1 Å². The second-order valence-electron chi connectivity index (χ2n) is 4.14. The van der Waals surface area contributed by atoms with Crippen LogP contribution in [-0.2, 0) is 0 Å². The Morgan fingerprint density at radius 2 is 1.73 bits per heavy atom. The van der Waals surface area contributed by atoms with Gasteiger partial charge in [-0.2, -0.15) is 0 Å². The van der Waals surface area contributed by atoms with Crippen LogP contribution in [0.25, 0.3) is 0 Å². The predicted molar refractivity (Wildman–Crippen MR) is 73.9 cm³/mol. The van der Waals surface area contributed by atoms with Crippen molar-refractivity contribution in [1.29, 1.82) is 0 Å². The number of nitro benzene ring substituents is 2. The Balaban J connectivity index is 3.24. The van der Waals surface area contributed by atoms with Crippen molar-refractivity contribution in [3.63, 3.8) is 0 Å². The number of nitrogens with one attached hydrogen (secondary N) is 1. The van der Waals surface area contributed by atoms with E-state index in [4.69, 9.17) is 14.9 Å². The lowest BCUT2D eigenvalue weighted by atomic mass is 10.2. The molecule has 122 valence electrons. The average Bonchev–Trinajstić information content (AvgIpc) is 2.49. The molecule has 0 aromatic heterocycles.